The zero-order valence-corrected chi connectivity index (χ0v) is 9.23. The summed E-state index contributed by atoms with van der Waals surface area (Å²) in [6.45, 7) is 0. The summed E-state index contributed by atoms with van der Waals surface area (Å²) in [5.74, 6) is 0.558. The second kappa shape index (κ2) is 3.77. The van der Waals surface area contributed by atoms with E-state index in [0.29, 0.717) is 5.82 Å². The maximum absolute atomic E-state index is 7.97. The molecular formula is C11H13N5. The maximum atomic E-state index is 7.97. The van der Waals surface area contributed by atoms with Gasteiger partial charge >= 0.3 is 0 Å². The van der Waals surface area contributed by atoms with Gasteiger partial charge in [-0.05, 0) is 12.1 Å². The standard InChI is InChI=1S/C11H13N5/c1-15(2)11-10(13)16(7-12)9-6-4-3-5-8(9)14-11/h3-7,12-13H,1-2H3. The molecule has 0 saturated carbocycles. The van der Waals surface area contributed by atoms with E-state index in [4.69, 9.17) is 10.8 Å². The molecule has 0 amide bonds. The van der Waals surface area contributed by atoms with E-state index < -0.39 is 0 Å². The van der Waals surface area contributed by atoms with Crippen LogP contribution < -0.4 is 10.4 Å². The molecule has 0 fully saturated rings. The second-order valence-electron chi connectivity index (χ2n) is 3.67. The quantitative estimate of drug-likeness (QED) is 0.580. The second-order valence-corrected chi connectivity index (χ2v) is 3.67. The molecule has 1 aromatic heterocycles. The van der Waals surface area contributed by atoms with Crippen molar-refractivity contribution in [2.75, 3.05) is 19.0 Å². The van der Waals surface area contributed by atoms with Gasteiger partial charge < -0.3 is 4.90 Å². The minimum absolute atomic E-state index is 0.221. The van der Waals surface area contributed by atoms with Crippen LogP contribution in [0.4, 0.5) is 5.82 Å². The number of hydrogen-bond acceptors (Lipinski definition) is 4. The summed E-state index contributed by atoms with van der Waals surface area (Å²) < 4.78 is 1.51. The van der Waals surface area contributed by atoms with Gasteiger partial charge in [0.15, 0.2) is 11.3 Å². The van der Waals surface area contributed by atoms with Crippen molar-refractivity contribution in [1.82, 2.24) is 9.55 Å². The number of fused-ring (bicyclic) bond motifs is 1. The highest BCUT2D eigenvalue weighted by Crippen LogP contribution is 2.11. The van der Waals surface area contributed by atoms with Crippen LogP contribution >= 0.6 is 0 Å². The van der Waals surface area contributed by atoms with Gasteiger partial charge in [-0.3, -0.25) is 15.4 Å². The molecule has 1 heterocycles. The molecular weight excluding hydrogens is 202 g/mol. The van der Waals surface area contributed by atoms with Gasteiger partial charge in [0.1, 0.15) is 0 Å². The Morgan fingerprint density at radius 2 is 2.00 bits per heavy atom. The van der Waals surface area contributed by atoms with Gasteiger partial charge in [-0.15, -0.1) is 0 Å². The predicted octanol–water partition coefficient (Wildman–Crippen LogP) is 1.04. The summed E-state index contributed by atoms with van der Waals surface area (Å²) in [6, 6.07) is 7.50. The molecule has 82 valence electrons. The van der Waals surface area contributed by atoms with Crippen LogP contribution in [0.1, 0.15) is 0 Å². The summed E-state index contributed by atoms with van der Waals surface area (Å²) in [5, 5.41) is 15.3. The van der Waals surface area contributed by atoms with Crippen molar-refractivity contribution in [3.05, 3.63) is 29.8 Å². The van der Waals surface area contributed by atoms with Gasteiger partial charge in [0, 0.05) is 14.1 Å². The lowest BCUT2D eigenvalue weighted by Crippen LogP contribution is -2.28. The molecule has 0 unspecified atom stereocenters. The molecule has 0 aliphatic rings. The molecule has 0 aliphatic heterocycles. The van der Waals surface area contributed by atoms with Crippen molar-refractivity contribution >= 4 is 23.2 Å². The minimum atomic E-state index is 0.221. The van der Waals surface area contributed by atoms with E-state index in [9.17, 15) is 0 Å². The number of nitrogens with zero attached hydrogens (tertiary/aromatic N) is 3. The third-order valence-corrected chi connectivity index (χ3v) is 2.37. The van der Waals surface area contributed by atoms with E-state index in [1.165, 1.54) is 4.57 Å². The highest BCUT2D eigenvalue weighted by molar-refractivity contribution is 5.82. The SMILES string of the molecule is CN(C)c1nc2ccccc2n(C=N)c1=N. The Balaban J connectivity index is 2.94. The molecule has 0 bridgehead atoms. The number of nitrogens with one attached hydrogen (secondary N) is 2. The lowest BCUT2D eigenvalue weighted by molar-refractivity contribution is 0.947. The Morgan fingerprint density at radius 3 is 2.62 bits per heavy atom. The van der Waals surface area contributed by atoms with Crippen LogP contribution in [0.3, 0.4) is 0 Å². The Morgan fingerprint density at radius 1 is 1.31 bits per heavy atom. The fraction of sp³-hybridized carbons (Fsp3) is 0.182. The third kappa shape index (κ3) is 1.46. The predicted molar refractivity (Wildman–Crippen MR) is 64.1 cm³/mol. The molecule has 2 N–H and O–H groups in total. The number of aromatic nitrogens is 2. The van der Waals surface area contributed by atoms with Crippen LogP contribution in [-0.4, -0.2) is 30.0 Å². The number of rotatable bonds is 2. The fourth-order valence-electron chi connectivity index (χ4n) is 1.60. The first-order valence-corrected chi connectivity index (χ1v) is 4.89. The molecule has 2 rings (SSSR count). The average Bonchev–Trinajstić information content (AvgIpc) is 2.28. The van der Waals surface area contributed by atoms with Crippen molar-refractivity contribution in [3.8, 4) is 0 Å². The van der Waals surface area contributed by atoms with Gasteiger partial charge in [-0.2, -0.15) is 0 Å². The molecule has 16 heavy (non-hydrogen) atoms. The van der Waals surface area contributed by atoms with Crippen LogP contribution in [0, 0.1) is 10.8 Å². The Labute approximate surface area is 93.0 Å². The normalized spacial score (nSPS) is 10.4. The van der Waals surface area contributed by atoms with Crippen molar-refractivity contribution in [2.24, 2.45) is 0 Å². The van der Waals surface area contributed by atoms with Gasteiger partial charge in [0.05, 0.1) is 17.4 Å². The molecule has 0 spiro atoms. The topological polar surface area (TPSA) is 68.8 Å². The molecule has 5 heteroatoms. The molecule has 0 aliphatic carbocycles. The minimum Gasteiger partial charge on any atom is -0.360 e. The average molecular weight is 215 g/mol. The summed E-state index contributed by atoms with van der Waals surface area (Å²) in [6.07, 6.45) is 1.14. The van der Waals surface area contributed by atoms with E-state index in [1.807, 2.05) is 38.4 Å². The highest BCUT2D eigenvalue weighted by Gasteiger charge is 2.07. The first-order chi connectivity index (χ1) is 7.65. The molecule has 1 aromatic carbocycles. The number of hydrogen-bond donors (Lipinski definition) is 2. The number of benzene rings is 1. The maximum Gasteiger partial charge on any atom is 0.174 e. The van der Waals surface area contributed by atoms with Crippen LogP contribution in [0.2, 0.25) is 0 Å². The summed E-state index contributed by atoms with van der Waals surface area (Å²) in [5.41, 5.74) is 1.78. The third-order valence-electron chi connectivity index (χ3n) is 2.37. The molecule has 0 radical (unpaired) electrons. The highest BCUT2D eigenvalue weighted by atomic mass is 15.2. The zero-order chi connectivity index (χ0) is 11.7. The van der Waals surface area contributed by atoms with Gasteiger partial charge in [0.25, 0.3) is 0 Å². The van der Waals surface area contributed by atoms with Crippen LogP contribution in [-0.2, 0) is 0 Å². The Kier molecular flexibility index (Phi) is 2.44. The largest absolute Gasteiger partial charge is 0.360 e. The smallest absolute Gasteiger partial charge is 0.174 e. The van der Waals surface area contributed by atoms with E-state index in [1.54, 1.807) is 4.90 Å². The lowest BCUT2D eigenvalue weighted by atomic mass is 10.3. The van der Waals surface area contributed by atoms with Gasteiger partial charge in [-0.1, -0.05) is 12.1 Å². The molecule has 5 nitrogen and oxygen atoms in total. The van der Waals surface area contributed by atoms with Crippen LogP contribution in [0.15, 0.2) is 24.3 Å². The van der Waals surface area contributed by atoms with Crippen molar-refractivity contribution in [1.29, 1.82) is 10.8 Å². The first-order valence-electron chi connectivity index (χ1n) is 4.89. The number of anilines is 1. The van der Waals surface area contributed by atoms with Crippen molar-refractivity contribution in [3.63, 3.8) is 0 Å². The van der Waals surface area contributed by atoms with Crippen LogP contribution in [0.5, 0.6) is 0 Å². The Bertz CT molecular complexity index is 597. The Hall–Kier alpha value is -2.17. The zero-order valence-electron chi connectivity index (χ0n) is 9.23. The summed E-state index contributed by atoms with van der Waals surface area (Å²) in [7, 11) is 3.67. The van der Waals surface area contributed by atoms with Gasteiger partial charge in [0.2, 0.25) is 0 Å². The monoisotopic (exact) mass is 215 g/mol. The lowest BCUT2D eigenvalue weighted by Gasteiger charge is -2.14. The van der Waals surface area contributed by atoms with E-state index in [-0.39, 0.29) is 5.49 Å². The van der Waals surface area contributed by atoms with E-state index in [2.05, 4.69) is 4.98 Å². The summed E-state index contributed by atoms with van der Waals surface area (Å²) in [4.78, 5) is 6.17. The van der Waals surface area contributed by atoms with Gasteiger partial charge in [-0.25, -0.2) is 4.98 Å². The summed E-state index contributed by atoms with van der Waals surface area (Å²) >= 11 is 0. The van der Waals surface area contributed by atoms with Crippen molar-refractivity contribution in [2.45, 2.75) is 0 Å². The molecule has 0 atom stereocenters. The first kappa shape index (κ1) is 10.4. The van der Waals surface area contributed by atoms with Crippen molar-refractivity contribution < 1.29 is 0 Å². The van der Waals surface area contributed by atoms with E-state index >= 15 is 0 Å². The number of para-hydroxylation sites is 2. The molecule has 2 aromatic rings. The fourth-order valence-corrected chi connectivity index (χ4v) is 1.60. The van der Waals surface area contributed by atoms with E-state index in [0.717, 1.165) is 17.4 Å². The molecule has 0 saturated heterocycles. The van der Waals surface area contributed by atoms with Crippen LogP contribution in [0.25, 0.3) is 11.0 Å².